The number of nitrogens with one attached hydrogen (secondary N) is 7. The second-order valence-electron chi connectivity index (χ2n) is 31.6. The number of ether oxygens (including phenoxy) is 4. The van der Waals surface area contributed by atoms with Gasteiger partial charge in [-0.3, -0.25) is 28.9 Å². The summed E-state index contributed by atoms with van der Waals surface area (Å²) in [5, 5.41) is 21.0. The number of halogens is 1. The van der Waals surface area contributed by atoms with Gasteiger partial charge in [-0.2, -0.15) is 23.5 Å². The van der Waals surface area contributed by atoms with Gasteiger partial charge in [0, 0.05) is 151 Å². The SMILES string of the molecule is CC(C)[C@@H](NCCNC(=O)c1ccc2nc3c(nc2c1)CSC1CCCCCCCC(CC1)SC3)C(=O)N[C@H](CCCNC(N)=O)C(=O)Nc1ccc(COC(=O)N(C)C[C@@H]2C[C@@H](N3CCOCC3)CN2C(=O)Oc2cc3c(c4ccccc24)[C@H](CCl)CN3C(=O)c2cc3cc(NC(=O)c4ccc(OCCN(C)C)cc4)ccc3[nH]2)cc1. The van der Waals surface area contributed by atoms with Crippen LogP contribution in [0.2, 0.25) is 0 Å². The van der Waals surface area contributed by atoms with Crippen molar-refractivity contribution >= 4 is 133 Å². The molecule has 8 aromatic rings. The van der Waals surface area contributed by atoms with Crippen LogP contribution in [-0.2, 0) is 37.2 Å². The van der Waals surface area contributed by atoms with Crippen molar-refractivity contribution in [2.24, 2.45) is 11.7 Å². The van der Waals surface area contributed by atoms with E-state index in [1.165, 1.54) is 62.7 Å². The number of primary amides is 1. The molecular weight excluding hydrogens is 1550 g/mol. The van der Waals surface area contributed by atoms with Gasteiger partial charge < -0.3 is 81.2 Å². The average Bonchev–Trinajstić information content (AvgIpc) is 1.60. The van der Waals surface area contributed by atoms with Crippen molar-refractivity contribution in [2.45, 2.75) is 150 Å². The third-order valence-electron chi connectivity index (χ3n) is 22.5. The molecule has 117 heavy (non-hydrogen) atoms. The monoisotopic (exact) mass is 1650 g/mol. The molecular formula is C87H108ClN15O12S2. The summed E-state index contributed by atoms with van der Waals surface area (Å²) >= 11 is 10.8. The van der Waals surface area contributed by atoms with E-state index >= 15 is 0 Å². The number of fused-ring (bicyclic) bond motifs is 9. The van der Waals surface area contributed by atoms with Crippen LogP contribution < -0.4 is 52.0 Å². The Bertz CT molecular complexity index is 4840. The maximum absolute atomic E-state index is 15.0. The van der Waals surface area contributed by atoms with Crippen LogP contribution in [0.1, 0.15) is 151 Å². The molecule has 6 aromatic carbocycles. The molecule has 4 aliphatic heterocycles. The van der Waals surface area contributed by atoms with Crippen molar-refractivity contribution < 1.29 is 57.3 Å². The lowest BCUT2D eigenvalue weighted by Crippen LogP contribution is -2.54. The maximum Gasteiger partial charge on any atom is 0.415 e. The molecule has 1 saturated carbocycles. The first-order valence-electron chi connectivity index (χ1n) is 40.9. The number of nitrogens with two attached hydrogens (primary N) is 1. The van der Waals surface area contributed by atoms with Gasteiger partial charge in [0.15, 0.2) is 0 Å². The van der Waals surface area contributed by atoms with Crippen LogP contribution in [0, 0.1) is 5.92 Å². The van der Waals surface area contributed by atoms with Crippen molar-refractivity contribution in [1.29, 1.82) is 0 Å². The predicted octanol–water partition coefficient (Wildman–Crippen LogP) is 12.6. The van der Waals surface area contributed by atoms with Gasteiger partial charge in [0.2, 0.25) is 11.8 Å². The highest BCUT2D eigenvalue weighted by Gasteiger charge is 2.42. The number of rotatable bonds is 28. The lowest BCUT2D eigenvalue weighted by molar-refractivity contribution is -0.128. The first-order valence-corrected chi connectivity index (χ1v) is 43.5. The van der Waals surface area contributed by atoms with Gasteiger partial charge >= 0.3 is 18.2 Å². The van der Waals surface area contributed by atoms with E-state index in [-0.39, 0.29) is 93.0 Å². The van der Waals surface area contributed by atoms with Crippen molar-refractivity contribution in [3.63, 3.8) is 0 Å². The summed E-state index contributed by atoms with van der Waals surface area (Å²) in [6, 6.07) is 32.6. The summed E-state index contributed by atoms with van der Waals surface area (Å²) in [6.07, 6.45) is 11.2. The molecule has 0 spiro atoms. The van der Waals surface area contributed by atoms with E-state index in [9.17, 15) is 38.4 Å². The van der Waals surface area contributed by atoms with E-state index in [1.54, 1.807) is 95.7 Å². The summed E-state index contributed by atoms with van der Waals surface area (Å²) in [7, 11) is 5.56. The lowest BCUT2D eigenvalue weighted by Gasteiger charge is -2.31. The molecule has 3 fully saturated rings. The quantitative estimate of drug-likeness (QED) is 0.0167. The molecule has 0 radical (unpaired) electrons. The highest BCUT2D eigenvalue weighted by molar-refractivity contribution is 7.99. The van der Waals surface area contributed by atoms with Crippen LogP contribution in [-0.4, -0.2) is 223 Å². The van der Waals surface area contributed by atoms with Crippen molar-refractivity contribution in [1.82, 2.24) is 55.8 Å². The molecule has 2 saturated heterocycles. The number of alkyl halides is 1. The Morgan fingerprint density at radius 3 is 2.13 bits per heavy atom. The minimum Gasteiger partial charge on any atom is -0.492 e. The Hall–Kier alpha value is -9.75. The standard InChI is InChI=1S/C87H108ClN15O12S2/c1-54(2)79(90-34-35-91-80(104)57-23-31-70-72(43-57)97-75-53-117-66-15-10-8-6-7-9-14-65(29-30-66)116-52-74(75)96-70)83(107)98-71(18-13-33-92-85(89)109)82(106)93-60-24-19-55(20-25-60)51-114-86(110)100(5)49-63-45-62(101-37-39-112-40-38-101)50-102(63)87(111)115-77-46-76-78(68-17-12-11-16-67(68)77)59(47-88)48-103(76)84(108)73-44-58-42-61(26-32-69(58)95-73)94-81(105)56-21-27-64(28-22-56)113-41-36-99(3)4/h11-12,16-17,19-28,31-32,42-44,46,54,59,62-63,65-66,71,79,90,95H,6-10,13-15,18,29-30,33-41,45,47-53H2,1-5H3,(H,91,104)(H,93,106)(H,94,105)(H,98,107)(H3,89,92,109)/t59-,62-,63+,65?,66?,71-,79-/m1/s1. The number of hydrogen-bond donors (Lipinski definition) is 8. The summed E-state index contributed by atoms with van der Waals surface area (Å²) in [5.41, 5.74) is 13.7. The van der Waals surface area contributed by atoms with Gasteiger partial charge in [0.1, 0.15) is 36.4 Å². The molecule has 27 nitrogen and oxygen atoms in total. The molecule has 5 aliphatic rings. The Morgan fingerprint density at radius 2 is 1.42 bits per heavy atom. The minimum atomic E-state index is -1.03. The molecule has 2 bridgehead atoms. The maximum atomic E-state index is 15.0. The number of benzene rings is 6. The summed E-state index contributed by atoms with van der Waals surface area (Å²) in [5.74, 6) is 0.447. The fourth-order valence-electron chi connectivity index (χ4n) is 16.1. The molecule has 7 atom stereocenters. The molecule has 2 unspecified atom stereocenters. The molecule has 30 heteroatoms. The van der Waals surface area contributed by atoms with E-state index in [0.717, 1.165) is 45.9 Å². The Balaban J connectivity index is 0.611. The van der Waals surface area contributed by atoms with Crippen molar-refractivity contribution in [3.8, 4) is 11.5 Å². The van der Waals surface area contributed by atoms with Gasteiger partial charge in [0.25, 0.3) is 17.7 Å². The number of urea groups is 1. The van der Waals surface area contributed by atoms with Crippen LogP contribution >= 0.6 is 35.1 Å². The Labute approximate surface area is 696 Å². The number of likely N-dealkylation sites (N-methyl/N-ethyl adjacent to an activating group) is 2. The zero-order chi connectivity index (χ0) is 82.1. The topological polar surface area (TPSA) is 329 Å². The van der Waals surface area contributed by atoms with Crippen molar-refractivity contribution in [3.05, 3.63) is 161 Å². The fourth-order valence-corrected chi connectivity index (χ4v) is 18.9. The summed E-state index contributed by atoms with van der Waals surface area (Å²) in [4.78, 5) is 133. The first kappa shape index (κ1) is 85.1. The number of aromatic amines is 1. The molecule has 622 valence electrons. The van der Waals surface area contributed by atoms with Crippen LogP contribution in [0.15, 0.2) is 121 Å². The molecule has 9 amide bonds. The number of hydrogen-bond acceptors (Lipinski definition) is 19. The highest BCUT2D eigenvalue weighted by atomic mass is 35.5. The third kappa shape index (κ3) is 22.4. The molecule has 13 rings (SSSR count). The van der Waals surface area contributed by atoms with E-state index in [2.05, 4.69) is 41.8 Å². The zero-order valence-electron chi connectivity index (χ0n) is 67.3. The van der Waals surface area contributed by atoms with Crippen LogP contribution in [0.5, 0.6) is 11.5 Å². The van der Waals surface area contributed by atoms with E-state index in [4.69, 9.17) is 46.3 Å². The highest BCUT2D eigenvalue weighted by Crippen LogP contribution is 2.47. The number of thioether (sulfide) groups is 2. The molecule has 9 N–H and O–H groups in total. The average molecular weight is 1660 g/mol. The lowest BCUT2D eigenvalue weighted by atomic mass is 9.95. The van der Waals surface area contributed by atoms with E-state index in [0.29, 0.717) is 130 Å². The van der Waals surface area contributed by atoms with E-state index < -0.39 is 48.2 Å². The number of morpholine rings is 1. The van der Waals surface area contributed by atoms with Gasteiger partial charge in [-0.1, -0.05) is 82.3 Å². The number of nitrogens with zero attached hydrogens (tertiary/aromatic N) is 7. The van der Waals surface area contributed by atoms with E-state index in [1.807, 2.05) is 98.8 Å². The smallest absolute Gasteiger partial charge is 0.415 e. The number of likely N-dealkylation sites (tertiary alicyclic amines) is 1. The predicted molar refractivity (Wildman–Crippen MR) is 460 cm³/mol. The number of carbonyl (C=O) groups excluding carboxylic acids is 8. The first-order chi connectivity index (χ1) is 56.7. The number of carbonyl (C=O) groups is 8. The van der Waals surface area contributed by atoms with Crippen LogP contribution in [0.4, 0.5) is 31.4 Å². The summed E-state index contributed by atoms with van der Waals surface area (Å²) in [6.45, 7) is 8.64. The number of H-pyrrole nitrogens is 1. The second-order valence-corrected chi connectivity index (χ2v) is 34.5. The van der Waals surface area contributed by atoms with Gasteiger partial charge in [0.05, 0.1) is 53.4 Å². The minimum absolute atomic E-state index is 0.0715. The molecule has 2 aromatic heterocycles. The number of amides is 9. The van der Waals surface area contributed by atoms with Crippen molar-refractivity contribution in [2.75, 3.05) is 121 Å². The summed E-state index contributed by atoms with van der Waals surface area (Å²) < 4.78 is 23.9. The Kier molecular flexibility index (Phi) is 29.5. The number of aromatic nitrogens is 3. The molecule has 6 heterocycles. The van der Waals surface area contributed by atoms with Gasteiger partial charge in [-0.05, 0) is 160 Å². The third-order valence-corrected chi connectivity index (χ3v) is 25.7. The number of anilines is 3. The Morgan fingerprint density at radius 1 is 0.718 bits per heavy atom. The normalized spacial score (nSPS) is 19.1. The largest absolute Gasteiger partial charge is 0.492 e. The second kappa shape index (κ2) is 40.6. The zero-order valence-corrected chi connectivity index (χ0v) is 69.7. The van der Waals surface area contributed by atoms with Gasteiger partial charge in [-0.15, -0.1) is 11.6 Å². The fraction of sp³-hybridized carbons (Fsp3) is 0.471. The van der Waals surface area contributed by atoms with Crippen LogP contribution in [0.25, 0.3) is 32.7 Å². The molecule has 1 aliphatic carbocycles. The van der Waals surface area contributed by atoms with Crippen LogP contribution in [0.3, 0.4) is 0 Å². The van der Waals surface area contributed by atoms with Gasteiger partial charge in [-0.25, -0.2) is 24.4 Å².